The van der Waals surface area contributed by atoms with Crippen LogP contribution >= 0.6 is 11.6 Å². The Kier molecular flexibility index (Phi) is 3.75. The summed E-state index contributed by atoms with van der Waals surface area (Å²) in [6, 6.07) is 1.63. The number of benzene rings is 1. The molecule has 1 rings (SSSR count). The van der Waals surface area contributed by atoms with Crippen LogP contribution in [0.3, 0.4) is 0 Å². The second-order valence-corrected chi connectivity index (χ2v) is 4.08. The van der Waals surface area contributed by atoms with Gasteiger partial charge >= 0.3 is 0 Å². The van der Waals surface area contributed by atoms with Crippen molar-refractivity contribution >= 4 is 17.4 Å². The third-order valence-corrected chi connectivity index (χ3v) is 2.86. The van der Waals surface area contributed by atoms with Crippen molar-refractivity contribution in [1.29, 1.82) is 0 Å². The summed E-state index contributed by atoms with van der Waals surface area (Å²) in [5.41, 5.74) is 3.12. The Balaban J connectivity index is 3.29. The molecule has 0 spiro atoms. The van der Waals surface area contributed by atoms with Gasteiger partial charge in [0, 0.05) is 17.9 Å². The maximum atomic E-state index is 11.8. The third-order valence-electron chi connectivity index (χ3n) is 2.67. The maximum absolute atomic E-state index is 11.8. The Labute approximate surface area is 94.9 Å². The summed E-state index contributed by atoms with van der Waals surface area (Å²) in [6.07, 6.45) is 0.341. The van der Waals surface area contributed by atoms with Gasteiger partial charge in [-0.25, -0.2) is 0 Å². The number of alkyl halides is 1. The van der Waals surface area contributed by atoms with Gasteiger partial charge < -0.3 is 5.11 Å². The number of carbonyl (C=O) groups is 1. The van der Waals surface area contributed by atoms with Crippen LogP contribution in [0.1, 0.15) is 33.5 Å². The number of carbonyl (C=O) groups excluding carboxylic acids is 1. The van der Waals surface area contributed by atoms with Gasteiger partial charge in [0.25, 0.3) is 0 Å². The molecular formula is C12H15ClO2. The van der Waals surface area contributed by atoms with E-state index in [1.165, 1.54) is 0 Å². The first-order valence-electron chi connectivity index (χ1n) is 4.88. The van der Waals surface area contributed by atoms with Crippen molar-refractivity contribution in [3.05, 3.63) is 28.3 Å². The first-order chi connectivity index (χ1) is 6.99. The molecule has 0 aliphatic carbocycles. The van der Waals surface area contributed by atoms with E-state index in [2.05, 4.69) is 0 Å². The van der Waals surface area contributed by atoms with Gasteiger partial charge in [-0.05, 0) is 43.5 Å². The summed E-state index contributed by atoms with van der Waals surface area (Å²) in [5.74, 6) is 0.619. The molecule has 0 amide bonds. The number of hydrogen-bond donors (Lipinski definition) is 1. The van der Waals surface area contributed by atoms with Crippen molar-refractivity contribution in [3.8, 4) is 5.75 Å². The lowest BCUT2D eigenvalue weighted by atomic mass is 9.93. The van der Waals surface area contributed by atoms with Gasteiger partial charge in [0.2, 0.25) is 0 Å². The fourth-order valence-electron chi connectivity index (χ4n) is 1.70. The summed E-state index contributed by atoms with van der Waals surface area (Å²) in [6.45, 7) is 5.48. The largest absolute Gasteiger partial charge is 0.508 e. The van der Waals surface area contributed by atoms with Crippen LogP contribution in [0.2, 0.25) is 0 Å². The summed E-state index contributed by atoms with van der Waals surface area (Å²) >= 11 is 5.55. The number of Topliss-reactive ketones (excluding diaryl/α,β-unsaturated/α-hetero) is 1. The Morgan fingerprint density at radius 3 is 2.47 bits per heavy atom. The van der Waals surface area contributed by atoms with E-state index in [0.717, 1.165) is 16.7 Å². The zero-order chi connectivity index (χ0) is 11.6. The van der Waals surface area contributed by atoms with E-state index in [1.807, 2.05) is 20.8 Å². The van der Waals surface area contributed by atoms with Crippen LogP contribution in [-0.2, 0) is 0 Å². The normalized spacial score (nSPS) is 10.4. The van der Waals surface area contributed by atoms with Gasteiger partial charge in [-0.15, -0.1) is 11.6 Å². The Hall–Kier alpha value is -1.02. The summed E-state index contributed by atoms with van der Waals surface area (Å²) in [7, 11) is 0. The Morgan fingerprint density at radius 1 is 1.33 bits per heavy atom. The number of ketones is 1. The number of phenolic OH excluding ortho intramolecular Hbond substituents is 1. The van der Waals surface area contributed by atoms with Crippen LogP contribution < -0.4 is 0 Å². The van der Waals surface area contributed by atoms with Crippen LogP contribution in [0.25, 0.3) is 0 Å². The molecule has 0 aromatic heterocycles. The minimum absolute atomic E-state index is 0.0445. The molecular weight excluding hydrogens is 212 g/mol. The van der Waals surface area contributed by atoms with E-state index in [9.17, 15) is 9.90 Å². The molecule has 1 aromatic carbocycles. The van der Waals surface area contributed by atoms with Gasteiger partial charge in [-0.2, -0.15) is 0 Å². The maximum Gasteiger partial charge on any atom is 0.164 e. The highest BCUT2D eigenvalue weighted by atomic mass is 35.5. The fourth-order valence-corrected chi connectivity index (χ4v) is 1.87. The van der Waals surface area contributed by atoms with Crippen molar-refractivity contribution in [2.75, 3.05) is 5.88 Å². The van der Waals surface area contributed by atoms with Crippen molar-refractivity contribution in [2.24, 2.45) is 0 Å². The van der Waals surface area contributed by atoms with Crippen LogP contribution in [0.4, 0.5) is 0 Å². The van der Waals surface area contributed by atoms with E-state index >= 15 is 0 Å². The Bertz CT molecular complexity index is 397. The molecule has 0 bridgehead atoms. The molecule has 15 heavy (non-hydrogen) atoms. The van der Waals surface area contributed by atoms with Gasteiger partial charge in [0.1, 0.15) is 5.75 Å². The standard InChI is InChI=1S/C12H15ClO2/c1-7-6-11(15)8(2)9(3)12(7)10(14)4-5-13/h6,15H,4-5H2,1-3H3. The minimum Gasteiger partial charge on any atom is -0.508 e. The van der Waals surface area contributed by atoms with E-state index in [0.29, 0.717) is 17.9 Å². The quantitative estimate of drug-likeness (QED) is 0.635. The van der Waals surface area contributed by atoms with E-state index in [1.54, 1.807) is 6.07 Å². The summed E-state index contributed by atoms with van der Waals surface area (Å²) in [5, 5.41) is 9.58. The lowest BCUT2D eigenvalue weighted by Crippen LogP contribution is -2.06. The van der Waals surface area contributed by atoms with Crippen LogP contribution in [0, 0.1) is 20.8 Å². The van der Waals surface area contributed by atoms with Gasteiger partial charge in [0.15, 0.2) is 5.78 Å². The molecule has 0 unspecified atom stereocenters. The summed E-state index contributed by atoms with van der Waals surface area (Å²) < 4.78 is 0. The number of hydrogen-bond acceptors (Lipinski definition) is 2. The average Bonchev–Trinajstić information content (AvgIpc) is 2.15. The molecule has 0 fully saturated rings. The van der Waals surface area contributed by atoms with E-state index in [4.69, 9.17) is 11.6 Å². The summed E-state index contributed by atoms with van der Waals surface area (Å²) in [4.78, 5) is 11.8. The highest BCUT2D eigenvalue weighted by molar-refractivity contribution is 6.19. The molecule has 0 heterocycles. The number of aromatic hydroxyl groups is 1. The first kappa shape index (κ1) is 12.1. The number of rotatable bonds is 3. The molecule has 0 saturated heterocycles. The topological polar surface area (TPSA) is 37.3 Å². The lowest BCUT2D eigenvalue weighted by Gasteiger charge is -2.12. The smallest absolute Gasteiger partial charge is 0.164 e. The zero-order valence-electron chi connectivity index (χ0n) is 9.22. The Morgan fingerprint density at radius 2 is 1.93 bits per heavy atom. The minimum atomic E-state index is 0.0445. The van der Waals surface area contributed by atoms with Gasteiger partial charge in [0.05, 0.1) is 0 Å². The molecule has 0 aliphatic heterocycles. The lowest BCUT2D eigenvalue weighted by molar-refractivity contribution is 0.0988. The fraction of sp³-hybridized carbons (Fsp3) is 0.417. The first-order valence-corrected chi connectivity index (χ1v) is 5.41. The van der Waals surface area contributed by atoms with Crippen molar-refractivity contribution in [3.63, 3.8) is 0 Å². The number of halogens is 1. The average molecular weight is 227 g/mol. The molecule has 1 N–H and O–H groups in total. The number of phenols is 1. The predicted molar refractivity (Wildman–Crippen MR) is 62.0 cm³/mol. The second kappa shape index (κ2) is 4.67. The number of aryl methyl sites for hydroxylation is 1. The molecule has 0 radical (unpaired) electrons. The SMILES string of the molecule is Cc1cc(O)c(C)c(C)c1C(=O)CCCl. The van der Waals surface area contributed by atoms with E-state index < -0.39 is 0 Å². The van der Waals surface area contributed by atoms with Gasteiger partial charge in [-0.1, -0.05) is 0 Å². The molecule has 0 saturated carbocycles. The third kappa shape index (κ3) is 2.32. The van der Waals surface area contributed by atoms with Crippen molar-refractivity contribution in [1.82, 2.24) is 0 Å². The van der Waals surface area contributed by atoms with E-state index in [-0.39, 0.29) is 11.5 Å². The molecule has 1 aromatic rings. The van der Waals surface area contributed by atoms with Crippen molar-refractivity contribution in [2.45, 2.75) is 27.2 Å². The van der Waals surface area contributed by atoms with Crippen LogP contribution in [-0.4, -0.2) is 16.8 Å². The monoisotopic (exact) mass is 226 g/mol. The highest BCUT2D eigenvalue weighted by Crippen LogP contribution is 2.27. The zero-order valence-corrected chi connectivity index (χ0v) is 9.98. The predicted octanol–water partition coefficient (Wildman–Crippen LogP) is 3.13. The molecule has 0 atom stereocenters. The van der Waals surface area contributed by atoms with Crippen LogP contribution in [0.5, 0.6) is 5.75 Å². The molecule has 2 nitrogen and oxygen atoms in total. The van der Waals surface area contributed by atoms with Crippen LogP contribution in [0.15, 0.2) is 6.07 Å². The highest BCUT2D eigenvalue weighted by Gasteiger charge is 2.15. The van der Waals surface area contributed by atoms with Crippen molar-refractivity contribution < 1.29 is 9.90 Å². The molecule has 0 aliphatic rings. The van der Waals surface area contributed by atoms with Gasteiger partial charge in [-0.3, -0.25) is 4.79 Å². The molecule has 82 valence electrons. The second-order valence-electron chi connectivity index (χ2n) is 3.70. The molecule has 3 heteroatoms.